The summed E-state index contributed by atoms with van der Waals surface area (Å²) in [6.07, 6.45) is 1.28. The van der Waals surface area contributed by atoms with Crippen molar-refractivity contribution in [2.24, 2.45) is 4.99 Å². The standard InChI is InChI=1S/C18H20N2O6S/c1-3-24-7-6-20-13-5-4-12(17(22)23-2)10-15(13)27-18(20)19-16(21)14-11-25-8-9-26-14/h4-5,10-11H,3,6-9H2,1-2H3. The molecule has 9 heteroatoms. The van der Waals surface area contributed by atoms with Gasteiger partial charge in [0.25, 0.3) is 0 Å². The second-order valence-electron chi connectivity index (χ2n) is 5.53. The molecule has 1 aromatic heterocycles. The number of esters is 1. The molecule has 2 aromatic rings. The lowest BCUT2D eigenvalue weighted by atomic mass is 10.2. The van der Waals surface area contributed by atoms with Crippen LogP contribution in [0.2, 0.25) is 0 Å². The van der Waals surface area contributed by atoms with E-state index in [1.807, 2.05) is 17.6 Å². The Morgan fingerprint density at radius 2 is 2.19 bits per heavy atom. The molecule has 0 fully saturated rings. The van der Waals surface area contributed by atoms with Crippen molar-refractivity contribution in [3.8, 4) is 0 Å². The number of amides is 1. The van der Waals surface area contributed by atoms with E-state index in [4.69, 9.17) is 18.9 Å². The molecular weight excluding hydrogens is 372 g/mol. The summed E-state index contributed by atoms with van der Waals surface area (Å²) in [5, 5.41) is 0. The van der Waals surface area contributed by atoms with Crippen LogP contribution in [0.1, 0.15) is 17.3 Å². The van der Waals surface area contributed by atoms with Gasteiger partial charge in [-0.3, -0.25) is 4.79 Å². The number of thiazole rings is 1. The number of methoxy groups -OCH3 is 1. The predicted molar refractivity (Wildman–Crippen MR) is 98.2 cm³/mol. The van der Waals surface area contributed by atoms with Gasteiger partial charge in [0, 0.05) is 13.2 Å². The highest BCUT2D eigenvalue weighted by Gasteiger charge is 2.16. The fourth-order valence-electron chi connectivity index (χ4n) is 2.54. The van der Waals surface area contributed by atoms with Gasteiger partial charge in [0.05, 0.1) is 29.5 Å². The third-order valence-electron chi connectivity index (χ3n) is 3.82. The highest BCUT2D eigenvalue weighted by atomic mass is 32.1. The molecule has 2 heterocycles. The van der Waals surface area contributed by atoms with Crippen molar-refractivity contribution >= 4 is 33.4 Å². The van der Waals surface area contributed by atoms with E-state index in [2.05, 4.69) is 4.99 Å². The van der Waals surface area contributed by atoms with Crippen molar-refractivity contribution in [3.05, 3.63) is 40.6 Å². The van der Waals surface area contributed by atoms with Crippen LogP contribution in [-0.4, -0.2) is 50.0 Å². The molecule has 0 spiro atoms. The topological polar surface area (TPSA) is 88.4 Å². The fourth-order valence-corrected chi connectivity index (χ4v) is 3.64. The van der Waals surface area contributed by atoms with Gasteiger partial charge in [0.2, 0.25) is 5.76 Å². The van der Waals surface area contributed by atoms with Gasteiger partial charge in [-0.15, -0.1) is 0 Å². The number of hydrogen-bond donors (Lipinski definition) is 0. The Morgan fingerprint density at radius 3 is 2.89 bits per heavy atom. The molecule has 1 aliphatic rings. The second-order valence-corrected chi connectivity index (χ2v) is 6.53. The number of rotatable bonds is 6. The minimum atomic E-state index is -0.514. The Kier molecular flexibility index (Phi) is 6.25. The molecule has 8 nitrogen and oxygen atoms in total. The van der Waals surface area contributed by atoms with Gasteiger partial charge in [-0.05, 0) is 25.1 Å². The van der Waals surface area contributed by atoms with Crippen LogP contribution in [-0.2, 0) is 30.3 Å². The molecule has 0 bridgehead atoms. The Hall–Kier alpha value is -2.65. The van der Waals surface area contributed by atoms with Crippen LogP contribution in [0.25, 0.3) is 10.2 Å². The van der Waals surface area contributed by atoms with Gasteiger partial charge in [-0.25, -0.2) is 4.79 Å². The molecule has 0 saturated carbocycles. The quantitative estimate of drug-likeness (QED) is 0.551. The molecule has 0 radical (unpaired) electrons. The van der Waals surface area contributed by atoms with Crippen LogP contribution < -0.4 is 4.80 Å². The molecule has 27 heavy (non-hydrogen) atoms. The van der Waals surface area contributed by atoms with Gasteiger partial charge in [0.15, 0.2) is 4.80 Å². The van der Waals surface area contributed by atoms with Gasteiger partial charge in [0.1, 0.15) is 19.5 Å². The molecule has 1 aromatic carbocycles. The third kappa shape index (κ3) is 4.37. The smallest absolute Gasteiger partial charge is 0.337 e. The van der Waals surface area contributed by atoms with E-state index in [0.29, 0.717) is 43.3 Å². The summed E-state index contributed by atoms with van der Waals surface area (Å²) in [5.74, 6) is -0.858. The first-order valence-corrected chi connectivity index (χ1v) is 9.28. The number of aromatic nitrogens is 1. The van der Waals surface area contributed by atoms with Crippen molar-refractivity contribution < 1.29 is 28.5 Å². The van der Waals surface area contributed by atoms with Gasteiger partial charge in [-0.1, -0.05) is 11.3 Å². The van der Waals surface area contributed by atoms with Gasteiger partial charge in [-0.2, -0.15) is 4.99 Å². The molecule has 0 aliphatic carbocycles. The number of carbonyl (C=O) groups excluding carboxylic acids is 2. The summed E-state index contributed by atoms with van der Waals surface area (Å²) in [6, 6.07) is 5.23. The number of fused-ring (bicyclic) bond motifs is 1. The van der Waals surface area contributed by atoms with E-state index in [1.165, 1.54) is 24.7 Å². The van der Waals surface area contributed by atoms with Gasteiger partial charge >= 0.3 is 11.9 Å². The first-order valence-electron chi connectivity index (χ1n) is 8.47. The molecule has 0 saturated heterocycles. The highest BCUT2D eigenvalue weighted by Crippen LogP contribution is 2.20. The van der Waals surface area contributed by atoms with Crippen molar-refractivity contribution in [2.45, 2.75) is 13.5 Å². The van der Waals surface area contributed by atoms with Crippen LogP contribution in [0.3, 0.4) is 0 Å². The summed E-state index contributed by atoms with van der Waals surface area (Å²) in [4.78, 5) is 28.9. The van der Waals surface area contributed by atoms with Crippen LogP contribution in [0.5, 0.6) is 0 Å². The zero-order valence-electron chi connectivity index (χ0n) is 15.1. The largest absolute Gasteiger partial charge is 0.494 e. The lowest BCUT2D eigenvalue weighted by Gasteiger charge is -2.12. The van der Waals surface area contributed by atoms with Crippen LogP contribution >= 0.6 is 11.3 Å². The maximum Gasteiger partial charge on any atom is 0.337 e. The normalized spacial score (nSPS) is 14.4. The Labute approximate surface area is 159 Å². The molecular formula is C18H20N2O6S. The number of ether oxygens (including phenoxy) is 4. The molecule has 144 valence electrons. The Balaban J connectivity index is 2.04. The molecule has 1 amide bonds. The average molecular weight is 392 g/mol. The first kappa shape index (κ1) is 19.1. The van der Waals surface area contributed by atoms with Crippen LogP contribution in [0.4, 0.5) is 0 Å². The lowest BCUT2D eigenvalue weighted by Crippen LogP contribution is -2.21. The fraction of sp³-hybridized carbons (Fsp3) is 0.389. The van der Waals surface area contributed by atoms with Crippen molar-refractivity contribution in [1.29, 1.82) is 0 Å². The summed E-state index contributed by atoms with van der Waals surface area (Å²) in [6.45, 7) is 4.23. The number of benzene rings is 1. The van der Waals surface area contributed by atoms with E-state index in [-0.39, 0.29) is 5.76 Å². The summed E-state index contributed by atoms with van der Waals surface area (Å²) >= 11 is 1.30. The van der Waals surface area contributed by atoms with E-state index in [0.717, 1.165) is 10.2 Å². The monoisotopic (exact) mass is 392 g/mol. The summed E-state index contributed by atoms with van der Waals surface area (Å²) in [5.41, 5.74) is 1.29. The number of hydrogen-bond acceptors (Lipinski definition) is 7. The maximum absolute atomic E-state index is 12.4. The first-order chi connectivity index (χ1) is 13.1. The Morgan fingerprint density at radius 1 is 1.33 bits per heavy atom. The second kappa shape index (κ2) is 8.83. The molecule has 0 N–H and O–H groups in total. The van der Waals surface area contributed by atoms with Crippen molar-refractivity contribution in [3.63, 3.8) is 0 Å². The lowest BCUT2D eigenvalue weighted by molar-refractivity contribution is -0.119. The van der Waals surface area contributed by atoms with E-state index in [9.17, 15) is 9.59 Å². The van der Waals surface area contributed by atoms with Crippen LogP contribution in [0, 0.1) is 0 Å². The van der Waals surface area contributed by atoms with Crippen molar-refractivity contribution in [2.75, 3.05) is 33.5 Å². The van der Waals surface area contributed by atoms with Crippen LogP contribution in [0.15, 0.2) is 35.2 Å². The van der Waals surface area contributed by atoms with E-state index in [1.54, 1.807) is 12.1 Å². The highest BCUT2D eigenvalue weighted by molar-refractivity contribution is 7.16. The molecule has 0 atom stereocenters. The predicted octanol–water partition coefficient (Wildman–Crippen LogP) is 1.84. The molecule has 3 rings (SSSR count). The zero-order valence-corrected chi connectivity index (χ0v) is 15.9. The maximum atomic E-state index is 12.4. The van der Waals surface area contributed by atoms with Crippen molar-refractivity contribution in [1.82, 2.24) is 4.57 Å². The average Bonchev–Trinajstić information content (AvgIpc) is 3.04. The Bertz CT molecular complexity index is 943. The third-order valence-corrected chi connectivity index (χ3v) is 4.87. The summed E-state index contributed by atoms with van der Waals surface area (Å²) < 4.78 is 23.3. The number of carbonyl (C=O) groups is 2. The zero-order chi connectivity index (χ0) is 19.2. The minimum absolute atomic E-state index is 0.0744. The minimum Gasteiger partial charge on any atom is -0.494 e. The van der Waals surface area contributed by atoms with E-state index < -0.39 is 11.9 Å². The molecule has 1 aliphatic heterocycles. The SMILES string of the molecule is CCOCCn1c(=NC(=O)C2=COCCO2)sc2cc(C(=O)OC)ccc21. The van der Waals surface area contributed by atoms with E-state index >= 15 is 0 Å². The molecule has 0 unspecified atom stereocenters. The number of nitrogens with zero attached hydrogens (tertiary/aromatic N) is 2. The summed E-state index contributed by atoms with van der Waals surface area (Å²) in [7, 11) is 1.34. The van der Waals surface area contributed by atoms with Gasteiger partial charge < -0.3 is 23.5 Å².